The summed E-state index contributed by atoms with van der Waals surface area (Å²) in [5.41, 5.74) is 0.420. The zero-order valence-electron chi connectivity index (χ0n) is 10.8. The topological polar surface area (TPSA) is 56.2 Å². The summed E-state index contributed by atoms with van der Waals surface area (Å²) in [6.45, 7) is 1.53. The van der Waals surface area contributed by atoms with Crippen molar-refractivity contribution in [3.63, 3.8) is 0 Å². The van der Waals surface area contributed by atoms with Crippen LogP contribution in [0.2, 0.25) is 0 Å². The molecule has 0 atom stereocenters. The van der Waals surface area contributed by atoms with E-state index in [1.807, 2.05) is 0 Å². The smallest absolute Gasteiger partial charge is 0.452 e. The third kappa shape index (κ3) is 2.60. The van der Waals surface area contributed by atoms with Crippen LogP contribution in [-0.4, -0.2) is 19.6 Å². The molecule has 3 rings (SSSR count). The molecule has 0 fully saturated rings. The summed E-state index contributed by atoms with van der Waals surface area (Å²) in [4.78, 5) is 4.13. The Balaban J connectivity index is 2.01. The van der Waals surface area contributed by atoms with Gasteiger partial charge in [0.1, 0.15) is 10.8 Å². The number of hydrogen-bond acceptors (Lipinski definition) is 5. The van der Waals surface area contributed by atoms with Gasteiger partial charge in [0, 0.05) is 11.9 Å². The maximum absolute atomic E-state index is 12.9. The number of furan rings is 1. The van der Waals surface area contributed by atoms with Gasteiger partial charge in [0.05, 0.1) is 12.0 Å². The van der Waals surface area contributed by atoms with E-state index in [0.717, 1.165) is 4.40 Å². The highest BCUT2D eigenvalue weighted by Gasteiger charge is 2.37. The fourth-order valence-corrected chi connectivity index (χ4v) is 2.68. The van der Waals surface area contributed by atoms with E-state index in [2.05, 4.69) is 15.2 Å². The number of fused-ring (bicyclic) bond motifs is 1. The van der Waals surface area contributed by atoms with Crippen LogP contribution in [0.15, 0.2) is 34.0 Å². The van der Waals surface area contributed by atoms with Gasteiger partial charge in [0.15, 0.2) is 5.65 Å². The molecular formula is C12H9F3N4OS. The van der Waals surface area contributed by atoms with Crippen LogP contribution in [0.3, 0.4) is 0 Å². The van der Waals surface area contributed by atoms with Gasteiger partial charge in [-0.2, -0.15) is 13.2 Å². The van der Waals surface area contributed by atoms with Crippen molar-refractivity contribution in [3.8, 4) is 0 Å². The Bertz CT molecular complexity index is 767. The average Bonchev–Trinajstić information content (AvgIpc) is 3.06. The SMILES string of the molecule is Cc1cnc(SCc2ccco2)c2nnc(C(F)(F)F)n12. The number of alkyl halides is 3. The molecule has 9 heteroatoms. The lowest BCUT2D eigenvalue weighted by atomic mass is 10.4. The fourth-order valence-electron chi connectivity index (χ4n) is 1.84. The Morgan fingerprint density at radius 2 is 2.14 bits per heavy atom. The van der Waals surface area contributed by atoms with Crippen molar-refractivity contribution in [1.29, 1.82) is 0 Å². The molecule has 0 saturated heterocycles. The molecule has 0 aliphatic carbocycles. The Morgan fingerprint density at radius 3 is 2.81 bits per heavy atom. The number of rotatable bonds is 3. The first kappa shape index (κ1) is 13.9. The lowest BCUT2D eigenvalue weighted by molar-refractivity contribution is -0.145. The minimum atomic E-state index is -4.56. The molecule has 3 aromatic heterocycles. The van der Waals surface area contributed by atoms with E-state index in [1.165, 1.54) is 31.1 Å². The lowest BCUT2D eigenvalue weighted by Gasteiger charge is -2.08. The standard InChI is InChI=1S/C12H9F3N4OS/c1-7-5-16-10(21-6-8-3-2-4-20-8)9-17-18-11(19(7)9)12(13,14)15/h2-5H,6H2,1H3. The molecule has 0 radical (unpaired) electrons. The summed E-state index contributed by atoms with van der Waals surface area (Å²) in [5.74, 6) is 0.112. The molecule has 0 aromatic carbocycles. The molecule has 0 unspecified atom stereocenters. The van der Waals surface area contributed by atoms with E-state index >= 15 is 0 Å². The van der Waals surface area contributed by atoms with Gasteiger partial charge in [-0.05, 0) is 19.1 Å². The van der Waals surface area contributed by atoms with Crippen molar-refractivity contribution in [2.24, 2.45) is 0 Å². The maximum Gasteiger partial charge on any atom is 0.452 e. The minimum absolute atomic E-state index is 0.0962. The van der Waals surface area contributed by atoms with Crippen molar-refractivity contribution < 1.29 is 17.6 Å². The second kappa shape index (κ2) is 5.06. The molecule has 3 heterocycles. The van der Waals surface area contributed by atoms with E-state index < -0.39 is 12.0 Å². The highest BCUT2D eigenvalue weighted by Crippen LogP contribution is 2.31. The van der Waals surface area contributed by atoms with E-state index in [9.17, 15) is 13.2 Å². The largest absolute Gasteiger partial charge is 0.468 e. The second-order valence-corrected chi connectivity index (χ2v) is 5.22. The van der Waals surface area contributed by atoms with Crippen LogP contribution in [0, 0.1) is 6.92 Å². The van der Waals surface area contributed by atoms with Gasteiger partial charge in [-0.1, -0.05) is 11.8 Å². The molecule has 21 heavy (non-hydrogen) atoms. The Morgan fingerprint density at radius 1 is 1.33 bits per heavy atom. The van der Waals surface area contributed by atoms with Crippen LogP contribution in [-0.2, 0) is 11.9 Å². The molecule has 0 saturated carbocycles. The van der Waals surface area contributed by atoms with Crippen LogP contribution in [0.25, 0.3) is 5.65 Å². The van der Waals surface area contributed by atoms with Crippen LogP contribution in [0.4, 0.5) is 13.2 Å². The Labute approximate surface area is 121 Å². The van der Waals surface area contributed by atoms with Crippen molar-refractivity contribution in [2.75, 3.05) is 0 Å². The van der Waals surface area contributed by atoms with Gasteiger partial charge in [0.25, 0.3) is 0 Å². The molecule has 0 spiro atoms. The van der Waals surface area contributed by atoms with Gasteiger partial charge in [-0.15, -0.1) is 10.2 Å². The second-order valence-electron chi connectivity index (χ2n) is 4.25. The maximum atomic E-state index is 12.9. The predicted molar refractivity (Wildman–Crippen MR) is 68.8 cm³/mol. The molecule has 0 bridgehead atoms. The highest BCUT2D eigenvalue weighted by molar-refractivity contribution is 7.98. The number of halogens is 3. The Hall–Kier alpha value is -2.03. The van der Waals surface area contributed by atoms with Gasteiger partial charge in [-0.3, -0.25) is 4.40 Å². The van der Waals surface area contributed by atoms with Gasteiger partial charge < -0.3 is 4.42 Å². The molecule has 5 nitrogen and oxygen atoms in total. The summed E-state index contributed by atoms with van der Waals surface area (Å²) in [5, 5.41) is 7.24. The lowest BCUT2D eigenvalue weighted by Crippen LogP contribution is -2.12. The fraction of sp³-hybridized carbons (Fsp3) is 0.250. The molecule has 3 aromatic rings. The summed E-state index contributed by atoms with van der Waals surface area (Å²) in [6.07, 6.45) is -1.66. The third-order valence-corrected chi connectivity index (χ3v) is 3.75. The number of thioether (sulfide) groups is 1. The van der Waals surface area contributed by atoms with E-state index in [0.29, 0.717) is 22.2 Å². The molecule has 0 aliphatic rings. The van der Waals surface area contributed by atoms with E-state index in [1.54, 1.807) is 12.1 Å². The molecule has 0 amide bonds. The van der Waals surface area contributed by atoms with Gasteiger partial charge in [-0.25, -0.2) is 4.98 Å². The summed E-state index contributed by atoms with van der Waals surface area (Å²) >= 11 is 1.24. The van der Waals surface area contributed by atoms with Crippen molar-refractivity contribution in [3.05, 3.63) is 41.9 Å². The summed E-state index contributed by atoms with van der Waals surface area (Å²) in [6, 6.07) is 3.52. The van der Waals surface area contributed by atoms with Gasteiger partial charge in [0.2, 0.25) is 5.82 Å². The zero-order chi connectivity index (χ0) is 15.0. The first-order valence-corrected chi connectivity index (χ1v) is 6.88. The van der Waals surface area contributed by atoms with Crippen LogP contribution < -0.4 is 0 Å². The predicted octanol–water partition coefficient (Wildman–Crippen LogP) is 3.34. The van der Waals surface area contributed by atoms with Crippen LogP contribution >= 0.6 is 11.8 Å². The van der Waals surface area contributed by atoms with Crippen LogP contribution in [0.5, 0.6) is 0 Å². The first-order chi connectivity index (χ1) is 9.97. The third-order valence-electron chi connectivity index (χ3n) is 2.76. The monoisotopic (exact) mass is 314 g/mol. The minimum Gasteiger partial charge on any atom is -0.468 e. The molecule has 0 aliphatic heterocycles. The van der Waals surface area contributed by atoms with E-state index in [4.69, 9.17) is 4.42 Å². The zero-order valence-corrected chi connectivity index (χ0v) is 11.6. The molecular weight excluding hydrogens is 305 g/mol. The average molecular weight is 314 g/mol. The summed E-state index contributed by atoms with van der Waals surface area (Å²) < 4.78 is 44.9. The normalized spacial score (nSPS) is 12.2. The van der Waals surface area contributed by atoms with Crippen LogP contribution in [0.1, 0.15) is 17.3 Å². The molecule has 110 valence electrons. The Kier molecular flexibility index (Phi) is 3.36. The highest BCUT2D eigenvalue weighted by atomic mass is 32.2. The van der Waals surface area contributed by atoms with E-state index in [-0.39, 0.29) is 5.65 Å². The summed E-state index contributed by atoms with van der Waals surface area (Å²) in [7, 11) is 0. The van der Waals surface area contributed by atoms with Crippen molar-refractivity contribution in [1.82, 2.24) is 19.6 Å². The van der Waals surface area contributed by atoms with Crippen molar-refractivity contribution in [2.45, 2.75) is 23.9 Å². The number of hydrogen-bond donors (Lipinski definition) is 0. The number of aryl methyl sites for hydroxylation is 1. The number of aromatic nitrogens is 4. The molecule has 0 N–H and O–H groups in total. The number of nitrogens with zero attached hydrogens (tertiary/aromatic N) is 4. The van der Waals surface area contributed by atoms with Crippen molar-refractivity contribution >= 4 is 17.4 Å². The quantitative estimate of drug-likeness (QED) is 0.694. The van der Waals surface area contributed by atoms with Gasteiger partial charge >= 0.3 is 6.18 Å². The first-order valence-electron chi connectivity index (χ1n) is 5.90.